The van der Waals surface area contributed by atoms with Crippen molar-refractivity contribution >= 4 is 57.4 Å². The lowest BCUT2D eigenvalue weighted by molar-refractivity contribution is -0.398. The Morgan fingerprint density at radius 2 is 1.14 bits per heavy atom. The number of hydrogen-bond donors (Lipinski definition) is 11. The molecule has 16 N–H and O–H groups in total. The van der Waals surface area contributed by atoms with Crippen LogP contribution in [0.25, 0.3) is 0 Å². The average Bonchev–Trinajstić information content (AvgIpc) is 3.85. The number of aromatic amines is 2. The summed E-state index contributed by atoms with van der Waals surface area (Å²) in [6.07, 6.45) is -9.13. The highest BCUT2D eigenvalue weighted by molar-refractivity contribution is 7.47. The molecule has 4 aliphatic heterocycles. The first-order valence-electron chi connectivity index (χ1n) is 19.1. The number of nitrogen functional groups attached to an aromatic ring is 2. The van der Waals surface area contributed by atoms with Gasteiger partial charge in [-0.05, 0) is 20.8 Å². The lowest BCUT2D eigenvalue weighted by atomic mass is 9.95. The van der Waals surface area contributed by atoms with Crippen molar-refractivity contribution in [2.75, 3.05) is 65.1 Å². The molecule has 28 nitrogen and oxygen atoms in total. The minimum atomic E-state index is -4.91. The van der Waals surface area contributed by atoms with Crippen LogP contribution in [0.4, 0.5) is 28.1 Å². The number of aromatic nitrogens is 4. The highest BCUT2D eigenvalue weighted by atomic mass is 31.2. The fourth-order valence-corrected chi connectivity index (χ4v) is 8.84. The van der Waals surface area contributed by atoms with E-state index in [1.807, 2.05) is 0 Å². The van der Waals surface area contributed by atoms with Crippen molar-refractivity contribution in [3.8, 4) is 0 Å². The van der Waals surface area contributed by atoms with Gasteiger partial charge in [0.05, 0.1) is 26.4 Å². The zero-order valence-corrected chi connectivity index (χ0v) is 36.8. The highest BCUT2D eigenvalue weighted by Crippen LogP contribution is 2.46. The van der Waals surface area contributed by atoms with E-state index in [0.717, 1.165) is 4.90 Å². The van der Waals surface area contributed by atoms with Crippen LogP contribution >= 0.6 is 15.6 Å². The van der Waals surface area contributed by atoms with Gasteiger partial charge in [-0.25, -0.2) is 23.9 Å². The number of hydrogen-bond acceptors (Lipinski definition) is 20. The van der Waals surface area contributed by atoms with E-state index in [1.165, 1.54) is 21.6 Å². The van der Waals surface area contributed by atoms with Crippen molar-refractivity contribution in [1.82, 2.24) is 31.0 Å². The number of amides is 1. The summed E-state index contributed by atoms with van der Waals surface area (Å²) in [6.45, 7) is 1.09. The molecule has 0 aromatic carbocycles. The number of ether oxygens (including phenoxy) is 3. The Balaban J connectivity index is 0.00000748. The second-order valence-electron chi connectivity index (χ2n) is 15.8. The second-order valence-corrected chi connectivity index (χ2v) is 18.8. The quantitative estimate of drug-likeness (QED) is 0.0610. The number of aliphatic hydroxyl groups excluding tert-OH is 4. The van der Waals surface area contributed by atoms with Gasteiger partial charge >= 0.3 is 32.9 Å². The van der Waals surface area contributed by atoms with E-state index in [-0.39, 0.29) is 40.8 Å². The number of fused-ring (bicyclic) bond motifs is 2. The fourth-order valence-electron chi connectivity index (χ4n) is 7.39. The monoisotopic (exact) mass is 941 g/mol. The molecule has 352 valence electrons. The summed E-state index contributed by atoms with van der Waals surface area (Å²) >= 11 is 0. The zero-order chi connectivity index (χ0) is 45.6. The molecule has 2 fully saturated rings. The third-order valence-corrected chi connectivity index (χ3v) is 12.1. The van der Waals surface area contributed by atoms with Crippen LogP contribution in [-0.2, 0) is 41.4 Å². The number of nitrogens with two attached hydrogens (primary N) is 2. The van der Waals surface area contributed by atoms with Crippen LogP contribution in [-0.4, -0.2) is 191 Å². The largest absolute Gasteiger partial charge is 0.472 e. The van der Waals surface area contributed by atoms with Crippen molar-refractivity contribution < 1.29 is 85.6 Å². The van der Waals surface area contributed by atoms with Crippen molar-refractivity contribution in [3.63, 3.8) is 0 Å². The summed E-state index contributed by atoms with van der Waals surface area (Å²) in [6, 6.07) is 0. The smallest absolute Gasteiger partial charge is 0.444 e. The number of phosphoric acid groups is 2. The molecular formula is C33H55N10O18P2+3. The van der Waals surface area contributed by atoms with Gasteiger partial charge in [-0.2, -0.15) is 9.15 Å². The Labute approximate surface area is 357 Å². The number of rotatable bonds is 16. The zero-order valence-electron chi connectivity index (χ0n) is 35.0. The Kier molecular flexibility index (Phi) is 15.2. The average molecular weight is 942 g/mol. The van der Waals surface area contributed by atoms with Gasteiger partial charge in [-0.15, -0.1) is 0 Å². The molecule has 2 aromatic rings. The minimum Gasteiger partial charge on any atom is -0.444 e. The molecule has 12 atom stereocenters. The standard InChI is InChI=1S/C33H49N9O18P2.H3N/c1-33(2,3)60-32(49)42(6-8-54-61(50,51)56-12-16-22(43)24(45)26(58-16)14-10-40(4)20-18(14)36-30(34)38-28(20)47)7-9-55-62(52,53)57-13-17-23(44)25(46)27(59-17)15-11-41(5)21-19(15)37-31(35)39-29(21)48;/h10-11,14-17,22-27,43-46H,6-9,12-13H2,1-5H3,(H6-2,34,35,36,37,38,39,47,48,50,51,52,53);1H3/p+3/t14?,15?,16-,17-,22-,23-,24-,25-,26+,27+;/m1./s1. The molecule has 0 bridgehead atoms. The molecule has 2 saturated heterocycles. The van der Waals surface area contributed by atoms with Crippen LogP contribution in [0.15, 0.2) is 9.59 Å². The lowest BCUT2D eigenvalue weighted by Gasteiger charge is -2.27. The predicted molar refractivity (Wildman–Crippen MR) is 216 cm³/mol. The fraction of sp³-hybridized carbons (Fsp3) is 0.667. The molecule has 6 rings (SSSR count). The van der Waals surface area contributed by atoms with E-state index in [2.05, 4.69) is 19.9 Å². The third-order valence-electron chi connectivity index (χ3n) is 10.2. The first kappa shape index (κ1) is 49.9. The molecule has 4 unspecified atom stereocenters. The SMILES string of the molecule is C[N+]1=CC([C@@H]2O[C@H](COP(=O)(O)OCCN(CCOP(=O)(O)OC[C@H]3O[C@@H](C4C=[N+](C)c5c4nc(N)[nH]c5=O)[C@H](O)[C@@H]3O)C(=O)OC(C)(C)C)[C@@H](O)[C@H]2O)c2nc(N)[nH]c(=O)c21.[NH4+]. The highest BCUT2D eigenvalue weighted by Gasteiger charge is 2.53. The van der Waals surface area contributed by atoms with E-state index in [4.69, 9.17) is 43.8 Å². The van der Waals surface area contributed by atoms with Gasteiger partial charge in [-0.1, -0.05) is 0 Å². The normalized spacial score (nSPS) is 29.5. The van der Waals surface area contributed by atoms with Gasteiger partial charge in [0.1, 0.15) is 91.8 Å². The van der Waals surface area contributed by atoms with Gasteiger partial charge in [0.25, 0.3) is 11.4 Å². The maximum Gasteiger partial charge on any atom is 0.472 e. The van der Waals surface area contributed by atoms with Crippen LogP contribution in [0.1, 0.15) is 44.0 Å². The number of carbonyl (C=O) groups excluding carboxylic acids is 1. The molecule has 0 saturated carbocycles. The maximum atomic E-state index is 13.0. The summed E-state index contributed by atoms with van der Waals surface area (Å²) in [5.74, 6) is -2.01. The molecule has 63 heavy (non-hydrogen) atoms. The summed E-state index contributed by atoms with van der Waals surface area (Å²) in [7, 11) is -6.69. The molecule has 1 amide bonds. The van der Waals surface area contributed by atoms with Gasteiger partial charge < -0.3 is 66.9 Å². The first-order valence-corrected chi connectivity index (χ1v) is 22.1. The summed E-state index contributed by atoms with van der Waals surface area (Å²) in [4.78, 5) is 72.7. The van der Waals surface area contributed by atoms with E-state index >= 15 is 0 Å². The van der Waals surface area contributed by atoms with Crippen molar-refractivity contribution in [3.05, 3.63) is 32.1 Å². The number of nitrogens with zero attached hydrogens (tertiary/aromatic N) is 5. The molecular weight excluding hydrogens is 886 g/mol. The number of quaternary nitrogens is 1. The van der Waals surface area contributed by atoms with Crippen LogP contribution in [0, 0.1) is 0 Å². The Hall–Kier alpha value is -4.09. The molecule has 2 aromatic heterocycles. The molecule has 30 heteroatoms. The van der Waals surface area contributed by atoms with E-state index in [0.29, 0.717) is 0 Å². The molecule has 6 heterocycles. The topological polar surface area (TPSA) is 426 Å². The number of nitrogens with one attached hydrogen (secondary N) is 2. The van der Waals surface area contributed by atoms with Crippen molar-refractivity contribution in [2.45, 2.75) is 87.0 Å². The van der Waals surface area contributed by atoms with Crippen LogP contribution in [0.3, 0.4) is 0 Å². The van der Waals surface area contributed by atoms with Crippen LogP contribution < -0.4 is 28.7 Å². The van der Waals surface area contributed by atoms with Gasteiger partial charge in [0, 0.05) is 13.1 Å². The number of carbonyl (C=O) groups is 1. The number of aliphatic hydroxyl groups is 4. The summed E-state index contributed by atoms with van der Waals surface area (Å²) in [5, 5.41) is 43.0. The van der Waals surface area contributed by atoms with Crippen LogP contribution in [0.5, 0.6) is 0 Å². The van der Waals surface area contributed by atoms with Gasteiger partial charge in [0.15, 0.2) is 12.4 Å². The summed E-state index contributed by atoms with van der Waals surface area (Å²) in [5.41, 5.74) is 10.0. The maximum absolute atomic E-state index is 13.0. The summed E-state index contributed by atoms with van der Waals surface area (Å²) < 4.78 is 65.7. The van der Waals surface area contributed by atoms with Gasteiger partial charge in [-0.3, -0.25) is 37.7 Å². The van der Waals surface area contributed by atoms with E-state index in [1.54, 1.807) is 34.9 Å². The predicted octanol–water partition coefficient (Wildman–Crippen LogP) is -2.54. The molecule has 0 aliphatic carbocycles. The minimum absolute atomic E-state index is 0. The van der Waals surface area contributed by atoms with Crippen LogP contribution in [0.2, 0.25) is 0 Å². The number of anilines is 2. The molecule has 0 radical (unpaired) electrons. The molecule has 4 aliphatic rings. The Bertz CT molecular complexity index is 2160. The Morgan fingerprint density at radius 3 is 1.51 bits per heavy atom. The first-order chi connectivity index (χ1) is 28.9. The van der Waals surface area contributed by atoms with Crippen molar-refractivity contribution in [2.24, 2.45) is 0 Å². The Morgan fingerprint density at radius 1 is 0.762 bits per heavy atom. The van der Waals surface area contributed by atoms with Gasteiger partial charge in [0.2, 0.25) is 11.9 Å². The molecule has 0 spiro atoms. The third kappa shape index (κ3) is 11.2. The van der Waals surface area contributed by atoms with E-state index < -0.39 is 139 Å². The van der Waals surface area contributed by atoms with Crippen molar-refractivity contribution in [1.29, 1.82) is 0 Å². The van der Waals surface area contributed by atoms with E-state index in [9.17, 15) is 53.7 Å². The lowest BCUT2D eigenvalue weighted by Crippen LogP contribution is -2.40. The number of phosphoric ester groups is 2. The second kappa shape index (κ2) is 19.2. The number of H-pyrrole nitrogens is 2.